The molecule has 1 aromatic heterocycles. The molecule has 3 nitrogen and oxygen atoms in total. The zero-order chi connectivity index (χ0) is 11.1. The summed E-state index contributed by atoms with van der Waals surface area (Å²) in [4.78, 5) is 0. The Balaban J connectivity index is 2.39. The Morgan fingerprint density at radius 1 is 1.47 bits per heavy atom. The maximum Gasteiger partial charge on any atom is 0.123 e. The molecule has 0 aliphatic rings. The summed E-state index contributed by atoms with van der Waals surface area (Å²) in [5, 5.41) is 3.32. The van der Waals surface area contributed by atoms with E-state index in [1.54, 1.807) is 6.26 Å². The quantitative estimate of drug-likeness (QED) is 0.704. The minimum atomic E-state index is 0.261. The van der Waals surface area contributed by atoms with Gasteiger partial charge in [-0.3, -0.25) is 0 Å². The van der Waals surface area contributed by atoms with Gasteiger partial charge in [-0.2, -0.15) is 0 Å². The first-order valence-electron chi connectivity index (χ1n) is 5.61. The molecule has 15 heavy (non-hydrogen) atoms. The summed E-state index contributed by atoms with van der Waals surface area (Å²) >= 11 is 0. The van der Waals surface area contributed by atoms with Crippen LogP contribution in [-0.2, 0) is 17.9 Å². The van der Waals surface area contributed by atoms with Gasteiger partial charge in [-0.05, 0) is 32.9 Å². The lowest BCUT2D eigenvalue weighted by Crippen LogP contribution is -2.14. The molecule has 3 heteroatoms. The molecule has 0 aromatic carbocycles. The van der Waals surface area contributed by atoms with Crippen LogP contribution in [0.4, 0.5) is 0 Å². The van der Waals surface area contributed by atoms with E-state index in [1.165, 1.54) is 0 Å². The highest BCUT2D eigenvalue weighted by Crippen LogP contribution is 2.12. The Kier molecular flexibility index (Phi) is 5.43. The second-order valence-electron chi connectivity index (χ2n) is 3.91. The monoisotopic (exact) mass is 211 g/mol. The summed E-state index contributed by atoms with van der Waals surface area (Å²) in [5.74, 6) is 0.990. The predicted octanol–water partition coefficient (Wildman–Crippen LogP) is 2.70. The molecular formula is C12H21NO2. The van der Waals surface area contributed by atoms with Gasteiger partial charge in [0.2, 0.25) is 0 Å². The Labute approximate surface area is 91.8 Å². The lowest BCUT2D eigenvalue weighted by atomic mass is 10.2. The van der Waals surface area contributed by atoms with Crippen molar-refractivity contribution < 1.29 is 9.15 Å². The summed E-state index contributed by atoms with van der Waals surface area (Å²) in [5.41, 5.74) is 1.15. The summed E-state index contributed by atoms with van der Waals surface area (Å²) in [7, 11) is 0. The second-order valence-corrected chi connectivity index (χ2v) is 3.91. The Bertz CT molecular complexity index is 268. The molecule has 0 unspecified atom stereocenters. The van der Waals surface area contributed by atoms with Crippen LogP contribution in [0.15, 0.2) is 16.7 Å². The largest absolute Gasteiger partial charge is 0.468 e. The molecule has 1 N–H and O–H groups in total. The highest BCUT2D eigenvalue weighted by Gasteiger charge is 2.06. The van der Waals surface area contributed by atoms with Crippen LogP contribution < -0.4 is 5.32 Å². The molecule has 0 atom stereocenters. The van der Waals surface area contributed by atoms with Crippen LogP contribution in [0.3, 0.4) is 0 Å². The smallest absolute Gasteiger partial charge is 0.123 e. The molecule has 0 aliphatic carbocycles. The standard InChI is InChI=1S/C12H21NO2/c1-4-6-13-8-12-11(5-7-14-12)9-15-10(2)3/h5,7,10,13H,4,6,8-9H2,1-3H3. The van der Waals surface area contributed by atoms with Gasteiger partial charge in [0.05, 0.1) is 25.5 Å². The molecule has 0 spiro atoms. The van der Waals surface area contributed by atoms with E-state index in [0.717, 1.165) is 30.8 Å². The van der Waals surface area contributed by atoms with Gasteiger partial charge in [0.15, 0.2) is 0 Å². The maximum atomic E-state index is 5.55. The van der Waals surface area contributed by atoms with E-state index >= 15 is 0 Å². The third-order valence-corrected chi connectivity index (χ3v) is 2.12. The van der Waals surface area contributed by atoms with Gasteiger partial charge < -0.3 is 14.5 Å². The van der Waals surface area contributed by atoms with Crippen LogP contribution in [0, 0.1) is 0 Å². The fourth-order valence-corrected chi connectivity index (χ4v) is 1.29. The first kappa shape index (κ1) is 12.3. The molecule has 86 valence electrons. The summed E-state index contributed by atoms with van der Waals surface area (Å²) in [6.07, 6.45) is 3.12. The van der Waals surface area contributed by atoms with Crippen molar-refractivity contribution in [3.8, 4) is 0 Å². The van der Waals surface area contributed by atoms with Crippen LogP contribution in [0.25, 0.3) is 0 Å². The van der Waals surface area contributed by atoms with E-state index in [-0.39, 0.29) is 6.10 Å². The number of hydrogen-bond acceptors (Lipinski definition) is 3. The summed E-state index contributed by atoms with van der Waals surface area (Å²) < 4.78 is 10.9. The molecule has 1 aromatic rings. The molecule has 0 saturated heterocycles. The van der Waals surface area contributed by atoms with Crippen LogP contribution in [0.1, 0.15) is 38.5 Å². The minimum absolute atomic E-state index is 0.261. The number of hydrogen-bond donors (Lipinski definition) is 1. The van der Waals surface area contributed by atoms with Gasteiger partial charge in [0.1, 0.15) is 5.76 Å². The lowest BCUT2D eigenvalue weighted by Gasteiger charge is -2.07. The zero-order valence-electron chi connectivity index (χ0n) is 9.88. The van der Waals surface area contributed by atoms with Gasteiger partial charge in [-0.1, -0.05) is 6.92 Å². The highest BCUT2D eigenvalue weighted by atomic mass is 16.5. The van der Waals surface area contributed by atoms with E-state index in [1.807, 2.05) is 19.9 Å². The highest BCUT2D eigenvalue weighted by molar-refractivity contribution is 5.15. The van der Waals surface area contributed by atoms with Crippen molar-refractivity contribution >= 4 is 0 Å². The van der Waals surface area contributed by atoms with Crippen molar-refractivity contribution in [2.24, 2.45) is 0 Å². The van der Waals surface area contributed by atoms with Gasteiger partial charge >= 0.3 is 0 Å². The maximum absolute atomic E-state index is 5.55. The van der Waals surface area contributed by atoms with Crippen molar-refractivity contribution in [2.45, 2.75) is 46.4 Å². The van der Waals surface area contributed by atoms with Crippen molar-refractivity contribution in [1.82, 2.24) is 5.32 Å². The molecule has 0 radical (unpaired) electrons. The van der Waals surface area contributed by atoms with Gasteiger partial charge in [0, 0.05) is 5.56 Å². The Hall–Kier alpha value is -0.800. The SMILES string of the molecule is CCCNCc1occc1COC(C)C. The fraction of sp³-hybridized carbons (Fsp3) is 0.667. The molecule has 1 rings (SSSR count). The van der Waals surface area contributed by atoms with Crippen molar-refractivity contribution in [3.05, 3.63) is 23.7 Å². The average molecular weight is 211 g/mol. The van der Waals surface area contributed by atoms with E-state index in [0.29, 0.717) is 6.61 Å². The Morgan fingerprint density at radius 2 is 2.27 bits per heavy atom. The summed E-state index contributed by atoms with van der Waals surface area (Å²) in [6, 6.07) is 1.98. The second kappa shape index (κ2) is 6.64. The van der Waals surface area contributed by atoms with E-state index < -0.39 is 0 Å². The van der Waals surface area contributed by atoms with E-state index in [2.05, 4.69) is 12.2 Å². The number of rotatable bonds is 7. The zero-order valence-corrected chi connectivity index (χ0v) is 9.88. The molecule has 0 saturated carbocycles. The summed E-state index contributed by atoms with van der Waals surface area (Å²) in [6.45, 7) is 8.67. The van der Waals surface area contributed by atoms with E-state index in [4.69, 9.17) is 9.15 Å². The van der Waals surface area contributed by atoms with Crippen LogP contribution in [-0.4, -0.2) is 12.6 Å². The molecule has 0 fully saturated rings. The average Bonchev–Trinajstić information content (AvgIpc) is 2.63. The van der Waals surface area contributed by atoms with Crippen LogP contribution >= 0.6 is 0 Å². The minimum Gasteiger partial charge on any atom is -0.468 e. The molecule has 0 amide bonds. The van der Waals surface area contributed by atoms with Crippen molar-refractivity contribution in [2.75, 3.05) is 6.54 Å². The third-order valence-electron chi connectivity index (χ3n) is 2.12. The number of nitrogens with one attached hydrogen (secondary N) is 1. The van der Waals surface area contributed by atoms with Crippen molar-refractivity contribution in [3.63, 3.8) is 0 Å². The molecular weight excluding hydrogens is 190 g/mol. The number of furan rings is 1. The molecule has 0 bridgehead atoms. The van der Waals surface area contributed by atoms with E-state index in [9.17, 15) is 0 Å². The first-order chi connectivity index (χ1) is 7.24. The van der Waals surface area contributed by atoms with Crippen LogP contribution in [0.2, 0.25) is 0 Å². The third kappa shape index (κ3) is 4.49. The first-order valence-corrected chi connectivity index (χ1v) is 5.61. The fourth-order valence-electron chi connectivity index (χ4n) is 1.29. The topological polar surface area (TPSA) is 34.4 Å². The molecule has 1 heterocycles. The lowest BCUT2D eigenvalue weighted by molar-refractivity contribution is 0.0647. The van der Waals surface area contributed by atoms with Crippen LogP contribution in [0.5, 0.6) is 0 Å². The molecule has 0 aliphatic heterocycles. The predicted molar refractivity (Wildman–Crippen MR) is 60.6 cm³/mol. The number of ether oxygens (including phenoxy) is 1. The van der Waals surface area contributed by atoms with Gasteiger partial charge in [-0.15, -0.1) is 0 Å². The van der Waals surface area contributed by atoms with Crippen molar-refractivity contribution in [1.29, 1.82) is 0 Å². The Morgan fingerprint density at radius 3 is 2.93 bits per heavy atom. The van der Waals surface area contributed by atoms with Gasteiger partial charge in [-0.25, -0.2) is 0 Å². The normalized spacial score (nSPS) is 11.2. The van der Waals surface area contributed by atoms with Gasteiger partial charge in [0.25, 0.3) is 0 Å².